The Morgan fingerprint density at radius 2 is 2.00 bits per heavy atom. The zero-order valence-corrected chi connectivity index (χ0v) is 10.2. The monoisotopic (exact) mass is 204 g/mol. The van der Waals surface area contributed by atoms with Crippen LogP contribution in [0.1, 0.15) is 6.92 Å². The fourth-order valence-corrected chi connectivity index (χ4v) is 1.11. The molecule has 2 N–H and O–H groups in total. The number of nitrogens with zero attached hydrogens (tertiary/aromatic N) is 1. The molecular weight excluding hydrogens is 188 g/mol. The molecule has 0 aliphatic heterocycles. The molecule has 3 heteroatoms. The molecule has 0 unspecified atom stereocenters. The highest BCUT2D eigenvalue weighted by molar-refractivity contribution is 6.84. The fourth-order valence-electron chi connectivity index (χ4n) is 0.613. The second-order valence-electron chi connectivity index (χ2n) is 3.83. The molecule has 0 spiro atoms. The van der Waals surface area contributed by atoms with Crippen LogP contribution in [0.2, 0.25) is 19.6 Å². The molecule has 0 saturated heterocycles. The van der Waals surface area contributed by atoms with E-state index in [1.54, 1.807) is 6.08 Å². The van der Waals surface area contributed by atoms with Crippen molar-refractivity contribution in [3.8, 4) is 23.9 Å². The molecule has 0 saturated carbocycles. The highest BCUT2D eigenvalue weighted by Crippen LogP contribution is 1.97. The van der Waals surface area contributed by atoms with E-state index in [0.717, 1.165) is 0 Å². The summed E-state index contributed by atoms with van der Waals surface area (Å²) in [5.41, 5.74) is 9.88. The summed E-state index contributed by atoms with van der Waals surface area (Å²) >= 11 is 0. The summed E-state index contributed by atoms with van der Waals surface area (Å²) in [6, 6.07) is 2.20. The number of hydrogen-bond acceptors (Lipinski definition) is 2. The van der Waals surface area contributed by atoms with Crippen LogP contribution in [0.15, 0.2) is 16.8 Å². The maximum atomic E-state index is 5.68. The minimum Gasteiger partial charge on any atom is -0.397 e. The highest BCUT2D eigenvalue weighted by Gasteiger charge is 2.08. The van der Waals surface area contributed by atoms with Crippen molar-refractivity contribution in [2.45, 2.75) is 26.6 Å². The molecule has 0 radical (unpaired) electrons. The van der Waals surface area contributed by atoms with E-state index >= 15 is 0 Å². The lowest BCUT2D eigenvalue weighted by Crippen LogP contribution is -2.18. The van der Waals surface area contributed by atoms with Crippen molar-refractivity contribution in [2.24, 2.45) is 10.7 Å². The van der Waals surface area contributed by atoms with Crippen LogP contribution >= 0.6 is 0 Å². The van der Waals surface area contributed by atoms with Crippen LogP contribution < -0.4 is 5.73 Å². The van der Waals surface area contributed by atoms with Crippen LogP contribution in [0.25, 0.3) is 0 Å². The first-order valence-electron chi connectivity index (χ1n) is 4.39. The SMILES string of the molecule is C#CN=C(C#C[Si](C)(C)C)/C(N)=C\C. The summed E-state index contributed by atoms with van der Waals surface area (Å²) in [5, 5.41) is 0. The van der Waals surface area contributed by atoms with E-state index < -0.39 is 8.07 Å². The maximum Gasteiger partial charge on any atom is 0.145 e. The Hall–Kier alpha value is -1.45. The van der Waals surface area contributed by atoms with Crippen molar-refractivity contribution >= 4 is 13.8 Å². The normalized spacial score (nSPS) is 12.8. The third-order valence-electron chi connectivity index (χ3n) is 1.32. The average Bonchev–Trinajstić information content (AvgIpc) is 2.09. The lowest BCUT2D eigenvalue weighted by atomic mass is 10.3. The molecule has 0 aliphatic carbocycles. The van der Waals surface area contributed by atoms with E-state index in [1.807, 2.05) is 6.92 Å². The van der Waals surface area contributed by atoms with Crippen LogP contribution in [-0.2, 0) is 0 Å². The van der Waals surface area contributed by atoms with Gasteiger partial charge in [0.25, 0.3) is 0 Å². The minimum absolute atomic E-state index is 0.498. The highest BCUT2D eigenvalue weighted by atomic mass is 28.3. The van der Waals surface area contributed by atoms with Gasteiger partial charge in [0, 0.05) is 6.04 Å². The predicted octanol–water partition coefficient (Wildman–Crippen LogP) is 1.76. The number of nitrogens with two attached hydrogens (primary N) is 1. The Bertz CT molecular complexity index is 353. The van der Waals surface area contributed by atoms with Gasteiger partial charge < -0.3 is 5.73 Å². The lowest BCUT2D eigenvalue weighted by molar-refractivity contribution is 1.43. The molecule has 0 bridgehead atoms. The first kappa shape index (κ1) is 12.5. The molecule has 14 heavy (non-hydrogen) atoms. The van der Waals surface area contributed by atoms with Crippen molar-refractivity contribution in [1.29, 1.82) is 0 Å². The Kier molecular flexibility index (Phi) is 4.76. The molecule has 74 valence electrons. The third-order valence-corrected chi connectivity index (χ3v) is 2.19. The number of hydrogen-bond donors (Lipinski definition) is 1. The van der Waals surface area contributed by atoms with Gasteiger partial charge in [-0.3, -0.25) is 0 Å². The van der Waals surface area contributed by atoms with Gasteiger partial charge in [0.15, 0.2) is 0 Å². The van der Waals surface area contributed by atoms with Gasteiger partial charge in [0.1, 0.15) is 13.8 Å². The first-order valence-corrected chi connectivity index (χ1v) is 7.89. The van der Waals surface area contributed by atoms with Gasteiger partial charge in [-0.25, -0.2) is 0 Å². The summed E-state index contributed by atoms with van der Waals surface area (Å²) in [6.45, 7) is 8.29. The van der Waals surface area contributed by atoms with Crippen molar-refractivity contribution in [1.82, 2.24) is 0 Å². The van der Waals surface area contributed by atoms with E-state index in [-0.39, 0.29) is 0 Å². The Morgan fingerprint density at radius 1 is 1.43 bits per heavy atom. The summed E-state index contributed by atoms with van der Waals surface area (Å²) < 4.78 is 0. The first-order chi connectivity index (χ1) is 6.40. The molecule has 0 aliphatic rings. The van der Waals surface area contributed by atoms with Crippen molar-refractivity contribution in [2.75, 3.05) is 0 Å². The average molecular weight is 204 g/mol. The standard InChI is InChI=1S/C11H16N2Si/c1-6-10(12)11(13-7-2)8-9-14(3,4)5/h2,6H,12H2,1,3-5H3/b10-6+,13-11?. The zero-order valence-electron chi connectivity index (χ0n) is 9.18. The largest absolute Gasteiger partial charge is 0.397 e. The smallest absolute Gasteiger partial charge is 0.145 e. The molecule has 0 atom stereocenters. The molecule has 2 nitrogen and oxygen atoms in total. The molecule has 0 amide bonds. The minimum atomic E-state index is -1.40. The van der Waals surface area contributed by atoms with Gasteiger partial charge in [-0.15, -0.1) is 5.54 Å². The van der Waals surface area contributed by atoms with Gasteiger partial charge in [-0.2, -0.15) is 4.99 Å². The van der Waals surface area contributed by atoms with Gasteiger partial charge in [-0.1, -0.05) is 38.1 Å². The van der Waals surface area contributed by atoms with Crippen LogP contribution in [0, 0.1) is 23.9 Å². The molecule has 0 fully saturated rings. The van der Waals surface area contributed by atoms with Crippen molar-refractivity contribution in [3.05, 3.63) is 11.8 Å². The number of rotatable bonds is 1. The van der Waals surface area contributed by atoms with E-state index in [4.69, 9.17) is 12.2 Å². The summed E-state index contributed by atoms with van der Waals surface area (Å²) in [6.07, 6.45) is 6.83. The van der Waals surface area contributed by atoms with Crippen LogP contribution in [0.5, 0.6) is 0 Å². The molecule has 0 rings (SSSR count). The van der Waals surface area contributed by atoms with E-state index in [9.17, 15) is 0 Å². The Balaban J connectivity index is 5.00. The van der Waals surface area contributed by atoms with E-state index in [1.165, 1.54) is 0 Å². The number of allylic oxidation sites excluding steroid dienone is 2. The van der Waals surface area contributed by atoms with Gasteiger partial charge in [0.05, 0.1) is 5.70 Å². The Morgan fingerprint density at radius 3 is 2.36 bits per heavy atom. The topological polar surface area (TPSA) is 38.4 Å². The Labute approximate surface area is 87.3 Å². The summed E-state index contributed by atoms with van der Waals surface area (Å²) in [4.78, 5) is 3.80. The second-order valence-corrected chi connectivity index (χ2v) is 8.58. The molecular formula is C11H16N2Si. The van der Waals surface area contributed by atoms with Gasteiger partial charge in [0.2, 0.25) is 0 Å². The summed E-state index contributed by atoms with van der Waals surface area (Å²) in [7, 11) is -1.40. The zero-order chi connectivity index (χ0) is 11.2. The fraction of sp³-hybridized carbons (Fsp3) is 0.364. The quantitative estimate of drug-likeness (QED) is 0.394. The molecule has 0 aromatic carbocycles. The van der Waals surface area contributed by atoms with Crippen LogP contribution in [-0.4, -0.2) is 13.8 Å². The molecule has 0 aromatic heterocycles. The number of aliphatic imine (C=N–C) groups is 1. The predicted molar refractivity (Wildman–Crippen MR) is 65.3 cm³/mol. The maximum absolute atomic E-state index is 5.68. The van der Waals surface area contributed by atoms with Crippen molar-refractivity contribution in [3.63, 3.8) is 0 Å². The second kappa shape index (κ2) is 5.31. The summed E-state index contributed by atoms with van der Waals surface area (Å²) in [5.74, 6) is 2.94. The number of terminal acetylenes is 1. The van der Waals surface area contributed by atoms with Crippen molar-refractivity contribution < 1.29 is 0 Å². The molecule has 0 heterocycles. The van der Waals surface area contributed by atoms with Gasteiger partial charge in [-0.05, 0) is 6.92 Å². The van der Waals surface area contributed by atoms with Gasteiger partial charge >= 0.3 is 0 Å². The van der Waals surface area contributed by atoms with E-state index in [2.05, 4.69) is 42.1 Å². The van der Waals surface area contributed by atoms with Crippen LogP contribution in [0.3, 0.4) is 0 Å². The third kappa shape index (κ3) is 5.24. The molecule has 0 aromatic rings. The van der Waals surface area contributed by atoms with Crippen LogP contribution in [0.4, 0.5) is 0 Å². The van der Waals surface area contributed by atoms with E-state index in [0.29, 0.717) is 11.4 Å². The lowest BCUT2D eigenvalue weighted by Gasteiger charge is -2.03.